The lowest BCUT2D eigenvalue weighted by atomic mass is 10.3. The Hall–Kier alpha value is -1.89. The molecular weight excluding hydrogens is 268 g/mol. The lowest BCUT2D eigenvalue weighted by molar-refractivity contribution is -0.121. The molecule has 1 aliphatic carbocycles. The van der Waals surface area contributed by atoms with E-state index in [0.29, 0.717) is 23.0 Å². The number of anilines is 1. The second-order valence-electron chi connectivity index (χ2n) is 4.59. The van der Waals surface area contributed by atoms with Gasteiger partial charge in [-0.3, -0.25) is 4.79 Å². The lowest BCUT2D eigenvalue weighted by Gasteiger charge is -2.14. The van der Waals surface area contributed by atoms with Gasteiger partial charge in [-0.25, -0.2) is 4.98 Å². The monoisotopic (exact) mass is 280 g/mol. The summed E-state index contributed by atoms with van der Waals surface area (Å²) in [5, 5.41) is 6.05. The highest BCUT2D eigenvalue weighted by Crippen LogP contribution is 2.21. The summed E-state index contributed by atoms with van der Waals surface area (Å²) in [7, 11) is 0. The minimum Gasteiger partial charge on any atom is -0.357 e. The maximum absolute atomic E-state index is 11.9. The lowest BCUT2D eigenvalue weighted by Crippen LogP contribution is -2.38. The van der Waals surface area contributed by atoms with Gasteiger partial charge in [-0.1, -0.05) is 0 Å². The van der Waals surface area contributed by atoms with Crippen molar-refractivity contribution in [1.82, 2.24) is 25.3 Å². The molecule has 1 amide bonds. The average molecular weight is 281 g/mol. The highest BCUT2D eigenvalue weighted by Gasteiger charge is 2.26. The molecular formula is C11H13ClN6O. The van der Waals surface area contributed by atoms with Crippen molar-refractivity contribution in [2.45, 2.75) is 31.8 Å². The molecule has 0 saturated heterocycles. The van der Waals surface area contributed by atoms with Crippen molar-refractivity contribution in [1.29, 1.82) is 0 Å². The molecule has 0 bridgehead atoms. The number of amides is 1. The molecule has 3 N–H and O–H groups in total. The number of rotatable bonds is 4. The van der Waals surface area contributed by atoms with Crippen LogP contribution < -0.4 is 10.6 Å². The van der Waals surface area contributed by atoms with Gasteiger partial charge in [0, 0.05) is 6.04 Å². The molecule has 2 heterocycles. The second kappa shape index (κ2) is 4.65. The Kier molecular flexibility index (Phi) is 2.98. The number of hydrogen-bond acceptors (Lipinski definition) is 5. The van der Waals surface area contributed by atoms with Crippen molar-refractivity contribution in [3.05, 3.63) is 11.6 Å². The normalized spacial score (nSPS) is 16.3. The van der Waals surface area contributed by atoms with Gasteiger partial charge in [0.2, 0.25) is 11.2 Å². The van der Waals surface area contributed by atoms with Gasteiger partial charge in [0.15, 0.2) is 11.5 Å². The number of nitrogens with zero attached hydrogens (tertiary/aromatic N) is 3. The van der Waals surface area contributed by atoms with E-state index < -0.39 is 6.04 Å². The Morgan fingerprint density at radius 3 is 3.05 bits per heavy atom. The zero-order valence-electron chi connectivity index (χ0n) is 10.3. The fourth-order valence-corrected chi connectivity index (χ4v) is 1.90. The van der Waals surface area contributed by atoms with Crippen molar-refractivity contribution in [2.75, 3.05) is 5.32 Å². The van der Waals surface area contributed by atoms with Crippen LogP contribution >= 0.6 is 11.6 Å². The van der Waals surface area contributed by atoms with Crippen LogP contribution in [0.3, 0.4) is 0 Å². The zero-order chi connectivity index (χ0) is 13.4. The van der Waals surface area contributed by atoms with Crippen LogP contribution in [0.2, 0.25) is 5.28 Å². The highest BCUT2D eigenvalue weighted by molar-refractivity contribution is 6.28. The summed E-state index contributed by atoms with van der Waals surface area (Å²) in [5.41, 5.74) is 1.10. The SMILES string of the molecule is CC(Nc1nc(Cl)nc2nc[nH]c12)C(=O)NC1CC1. The van der Waals surface area contributed by atoms with Crippen molar-refractivity contribution >= 4 is 34.5 Å². The number of nitrogens with one attached hydrogen (secondary N) is 3. The van der Waals surface area contributed by atoms with Gasteiger partial charge in [-0.15, -0.1) is 0 Å². The number of aromatic amines is 1. The summed E-state index contributed by atoms with van der Waals surface area (Å²) >= 11 is 5.82. The quantitative estimate of drug-likeness (QED) is 0.729. The molecule has 0 radical (unpaired) electrons. The number of H-pyrrole nitrogens is 1. The molecule has 8 heteroatoms. The standard InChI is InChI=1S/C11H13ClN6O/c1-5(10(19)16-6-2-3-6)15-9-7-8(14-4-13-7)17-11(12)18-9/h4-6H,2-3H2,1H3,(H,16,19)(H2,13,14,15,17,18). The Balaban J connectivity index is 1.79. The summed E-state index contributed by atoms with van der Waals surface area (Å²) in [6.07, 6.45) is 3.63. The van der Waals surface area contributed by atoms with Crippen molar-refractivity contribution < 1.29 is 4.79 Å². The van der Waals surface area contributed by atoms with Crippen LogP contribution in [0.15, 0.2) is 6.33 Å². The summed E-state index contributed by atoms with van der Waals surface area (Å²) in [4.78, 5) is 26.9. The highest BCUT2D eigenvalue weighted by atomic mass is 35.5. The second-order valence-corrected chi connectivity index (χ2v) is 4.93. The number of carbonyl (C=O) groups is 1. The first-order valence-electron chi connectivity index (χ1n) is 6.07. The summed E-state index contributed by atoms with van der Waals surface area (Å²) in [6.45, 7) is 1.77. The van der Waals surface area contributed by atoms with Crippen molar-refractivity contribution in [3.8, 4) is 0 Å². The first-order valence-corrected chi connectivity index (χ1v) is 6.45. The topological polar surface area (TPSA) is 95.6 Å². The number of fused-ring (bicyclic) bond motifs is 1. The summed E-state index contributed by atoms with van der Waals surface area (Å²) in [5.74, 6) is 0.427. The van der Waals surface area contributed by atoms with Gasteiger partial charge in [-0.2, -0.15) is 9.97 Å². The smallest absolute Gasteiger partial charge is 0.242 e. The third-order valence-electron chi connectivity index (χ3n) is 2.93. The first kappa shape index (κ1) is 12.2. The molecule has 100 valence electrons. The summed E-state index contributed by atoms with van der Waals surface area (Å²) in [6, 6.07) is -0.0732. The van der Waals surface area contributed by atoms with Crippen LogP contribution in [-0.2, 0) is 4.79 Å². The van der Waals surface area contributed by atoms with E-state index in [0.717, 1.165) is 12.8 Å². The number of hydrogen-bond donors (Lipinski definition) is 3. The molecule has 0 aliphatic heterocycles. The molecule has 1 aliphatic rings. The Bertz CT molecular complexity index is 623. The largest absolute Gasteiger partial charge is 0.357 e. The molecule has 0 spiro atoms. The number of halogens is 1. The van der Waals surface area contributed by atoms with E-state index in [4.69, 9.17) is 11.6 Å². The van der Waals surface area contributed by atoms with Crippen LogP contribution in [0.1, 0.15) is 19.8 Å². The molecule has 2 aromatic rings. The summed E-state index contributed by atoms with van der Waals surface area (Å²) < 4.78 is 0. The molecule has 7 nitrogen and oxygen atoms in total. The van der Waals surface area contributed by atoms with Crippen LogP contribution in [-0.4, -0.2) is 37.9 Å². The molecule has 1 atom stereocenters. The fraction of sp³-hybridized carbons (Fsp3) is 0.455. The van der Waals surface area contributed by atoms with Gasteiger partial charge < -0.3 is 15.6 Å². The van der Waals surface area contributed by atoms with Gasteiger partial charge in [-0.05, 0) is 31.4 Å². The Morgan fingerprint density at radius 1 is 1.53 bits per heavy atom. The van der Waals surface area contributed by atoms with E-state index in [9.17, 15) is 4.79 Å². The first-order chi connectivity index (χ1) is 9.13. The predicted octanol–water partition coefficient (Wildman–Crippen LogP) is 1.09. The minimum atomic E-state index is -0.405. The van der Waals surface area contributed by atoms with Crippen LogP contribution in [0, 0.1) is 0 Å². The van der Waals surface area contributed by atoms with E-state index in [2.05, 4.69) is 30.6 Å². The van der Waals surface area contributed by atoms with Gasteiger partial charge >= 0.3 is 0 Å². The Morgan fingerprint density at radius 2 is 2.32 bits per heavy atom. The van der Waals surface area contributed by atoms with Gasteiger partial charge in [0.05, 0.1) is 6.33 Å². The van der Waals surface area contributed by atoms with E-state index in [1.54, 1.807) is 6.92 Å². The molecule has 3 rings (SSSR count). The molecule has 1 unspecified atom stereocenters. The minimum absolute atomic E-state index is 0.0510. The van der Waals surface area contributed by atoms with E-state index in [1.165, 1.54) is 6.33 Å². The number of aromatic nitrogens is 4. The molecule has 2 aromatic heterocycles. The maximum Gasteiger partial charge on any atom is 0.242 e. The van der Waals surface area contributed by atoms with Gasteiger partial charge in [0.25, 0.3) is 0 Å². The Labute approximate surface area is 114 Å². The van der Waals surface area contributed by atoms with Crippen molar-refractivity contribution in [2.24, 2.45) is 0 Å². The van der Waals surface area contributed by atoms with Crippen molar-refractivity contribution in [3.63, 3.8) is 0 Å². The number of imidazole rings is 1. The molecule has 0 aromatic carbocycles. The third kappa shape index (κ3) is 2.60. The zero-order valence-corrected chi connectivity index (χ0v) is 11.0. The predicted molar refractivity (Wildman–Crippen MR) is 70.9 cm³/mol. The van der Waals surface area contributed by atoms with Gasteiger partial charge in [0.1, 0.15) is 11.6 Å². The van der Waals surface area contributed by atoms with E-state index in [1.807, 2.05) is 0 Å². The average Bonchev–Trinajstić information content (AvgIpc) is 3.04. The maximum atomic E-state index is 11.9. The van der Waals surface area contributed by atoms with Crippen LogP contribution in [0.5, 0.6) is 0 Å². The molecule has 1 fully saturated rings. The van der Waals surface area contributed by atoms with Crippen LogP contribution in [0.4, 0.5) is 5.82 Å². The molecule has 1 saturated carbocycles. The van der Waals surface area contributed by atoms with Crippen LogP contribution in [0.25, 0.3) is 11.2 Å². The third-order valence-corrected chi connectivity index (χ3v) is 3.10. The fourth-order valence-electron chi connectivity index (χ4n) is 1.74. The van der Waals surface area contributed by atoms with E-state index in [-0.39, 0.29) is 11.2 Å². The van der Waals surface area contributed by atoms with E-state index >= 15 is 0 Å². The molecule has 19 heavy (non-hydrogen) atoms. The number of carbonyl (C=O) groups excluding carboxylic acids is 1.